The smallest absolute Gasteiger partial charge is 0.266 e. The molecular formula is C30H36ClN3O2S2. The maximum atomic E-state index is 13.6. The van der Waals surface area contributed by atoms with Gasteiger partial charge in [-0.05, 0) is 86.3 Å². The number of hydrogen-bond donors (Lipinski definition) is 1. The summed E-state index contributed by atoms with van der Waals surface area (Å²) in [5.41, 5.74) is 2.13. The molecule has 1 aromatic heterocycles. The Balaban J connectivity index is 1.26. The molecule has 2 aliphatic heterocycles. The summed E-state index contributed by atoms with van der Waals surface area (Å²) < 4.78 is 7.14. The zero-order valence-electron chi connectivity index (χ0n) is 22.0. The van der Waals surface area contributed by atoms with Crippen molar-refractivity contribution in [3.63, 3.8) is 0 Å². The van der Waals surface area contributed by atoms with Crippen LogP contribution in [-0.4, -0.2) is 58.3 Å². The minimum atomic E-state index is 0.0557. The lowest BCUT2D eigenvalue weighted by Gasteiger charge is -2.34. The molecule has 1 aromatic carbocycles. The Labute approximate surface area is 240 Å². The fourth-order valence-electron chi connectivity index (χ4n) is 6.94. The van der Waals surface area contributed by atoms with Crippen molar-refractivity contribution in [3.05, 3.63) is 51.6 Å². The molecule has 8 heteroatoms. The normalized spacial score (nSPS) is 27.7. The quantitative estimate of drug-likeness (QED) is 0.285. The molecule has 4 atom stereocenters. The summed E-state index contributed by atoms with van der Waals surface area (Å²) in [5.74, 6) is 3.01. The van der Waals surface area contributed by atoms with Crippen molar-refractivity contribution in [1.29, 1.82) is 0 Å². The van der Waals surface area contributed by atoms with Gasteiger partial charge in [0.05, 0.1) is 4.91 Å². The van der Waals surface area contributed by atoms with E-state index < -0.39 is 0 Å². The first-order valence-electron chi connectivity index (χ1n) is 14.1. The Morgan fingerprint density at radius 1 is 1.21 bits per heavy atom. The molecule has 2 aliphatic carbocycles. The van der Waals surface area contributed by atoms with Gasteiger partial charge in [-0.15, -0.1) is 0 Å². The summed E-state index contributed by atoms with van der Waals surface area (Å²) in [6.07, 6.45) is 9.92. The second-order valence-corrected chi connectivity index (χ2v) is 13.3. The first-order valence-corrected chi connectivity index (χ1v) is 15.7. The Bertz CT molecular complexity index is 1220. The molecule has 2 bridgehead atoms. The molecule has 0 radical (unpaired) electrons. The lowest BCUT2D eigenvalue weighted by molar-refractivity contribution is -0.124. The summed E-state index contributed by atoms with van der Waals surface area (Å²) in [5, 5.41) is 4.16. The fraction of sp³-hybridized carbons (Fsp3) is 0.533. The molecule has 4 aliphatic rings. The van der Waals surface area contributed by atoms with E-state index in [4.69, 9.17) is 28.2 Å². The number of thiocarbonyl (C=S) groups is 1. The summed E-state index contributed by atoms with van der Waals surface area (Å²) in [6.45, 7) is 6.58. The van der Waals surface area contributed by atoms with Gasteiger partial charge < -0.3 is 9.73 Å². The lowest BCUT2D eigenvalue weighted by Crippen LogP contribution is -2.48. The number of amides is 1. The largest absolute Gasteiger partial charge is 0.456 e. The number of benzene rings is 1. The Morgan fingerprint density at radius 2 is 2.00 bits per heavy atom. The van der Waals surface area contributed by atoms with Gasteiger partial charge in [-0.3, -0.25) is 14.6 Å². The lowest BCUT2D eigenvalue weighted by atomic mass is 9.94. The number of halogens is 1. The summed E-state index contributed by atoms with van der Waals surface area (Å²) in [7, 11) is 0. The molecular weight excluding hydrogens is 534 g/mol. The van der Waals surface area contributed by atoms with Crippen LogP contribution in [0.15, 0.2) is 39.7 Å². The number of rotatable bonds is 8. The molecule has 6 rings (SSSR count). The predicted octanol–water partition coefficient (Wildman–Crippen LogP) is 6.61. The number of carbonyl (C=O) groups excluding carboxylic acids is 1. The number of hydrogen-bond acceptors (Lipinski definition) is 6. The molecule has 3 heterocycles. The highest BCUT2D eigenvalue weighted by Crippen LogP contribution is 2.49. The average Bonchev–Trinajstić information content (AvgIpc) is 3.71. The van der Waals surface area contributed by atoms with Crippen LogP contribution >= 0.6 is 35.6 Å². The van der Waals surface area contributed by atoms with Crippen LogP contribution in [-0.2, 0) is 11.2 Å². The number of furan rings is 1. The van der Waals surface area contributed by atoms with Crippen LogP contribution in [0.2, 0.25) is 5.02 Å². The molecule has 2 saturated carbocycles. The summed E-state index contributed by atoms with van der Waals surface area (Å²) in [6, 6.07) is 10.7. The van der Waals surface area contributed by atoms with E-state index in [0.717, 1.165) is 80.4 Å². The van der Waals surface area contributed by atoms with Crippen LogP contribution in [0.4, 0.5) is 0 Å². The molecule has 38 heavy (non-hydrogen) atoms. The van der Waals surface area contributed by atoms with Gasteiger partial charge in [-0.1, -0.05) is 48.9 Å². The average molecular weight is 570 g/mol. The van der Waals surface area contributed by atoms with E-state index in [0.29, 0.717) is 26.2 Å². The van der Waals surface area contributed by atoms with Crippen molar-refractivity contribution in [1.82, 2.24) is 15.1 Å². The second-order valence-electron chi connectivity index (χ2n) is 11.2. The molecule has 1 amide bonds. The highest BCUT2D eigenvalue weighted by molar-refractivity contribution is 8.26. The minimum Gasteiger partial charge on any atom is -0.456 e. The fourth-order valence-corrected chi connectivity index (χ4v) is 8.41. The van der Waals surface area contributed by atoms with E-state index in [2.05, 4.69) is 23.2 Å². The maximum Gasteiger partial charge on any atom is 0.266 e. The first kappa shape index (κ1) is 26.6. The van der Waals surface area contributed by atoms with Crippen molar-refractivity contribution >= 4 is 51.9 Å². The number of nitrogens with one attached hydrogen (secondary N) is 1. The van der Waals surface area contributed by atoms with Crippen LogP contribution in [0.5, 0.6) is 0 Å². The van der Waals surface area contributed by atoms with Gasteiger partial charge in [0.25, 0.3) is 5.91 Å². The van der Waals surface area contributed by atoms with Gasteiger partial charge in [-0.25, -0.2) is 0 Å². The zero-order chi connectivity index (χ0) is 26.2. The van der Waals surface area contributed by atoms with E-state index in [9.17, 15) is 4.79 Å². The monoisotopic (exact) mass is 569 g/mol. The summed E-state index contributed by atoms with van der Waals surface area (Å²) in [4.78, 5) is 18.8. The van der Waals surface area contributed by atoms with Crippen LogP contribution in [0, 0.1) is 11.8 Å². The van der Waals surface area contributed by atoms with Gasteiger partial charge in [0.2, 0.25) is 0 Å². The third-order valence-electron chi connectivity index (χ3n) is 8.97. The van der Waals surface area contributed by atoms with Crippen molar-refractivity contribution in [2.45, 2.75) is 64.0 Å². The molecule has 2 aromatic rings. The highest BCUT2D eigenvalue weighted by atomic mass is 35.5. The molecule has 4 unspecified atom stereocenters. The Kier molecular flexibility index (Phi) is 8.01. The van der Waals surface area contributed by atoms with E-state index in [1.54, 1.807) is 0 Å². The van der Waals surface area contributed by atoms with Gasteiger partial charge in [-0.2, -0.15) is 0 Å². The van der Waals surface area contributed by atoms with Crippen molar-refractivity contribution in [2.24, 2.45) is 11.8 Å². The van der Waals surface area contributed by atoms with Crippen LogP contribution < -0.4 is 5.32 Å². The van der Waals surface area contributed by atoms with Gasteiger partial charge in [0.15, 0.2) is 0 Å². The van der Waals surface area contributed by atoms with Crippen LogP contribution in [0.3, 0.4) is 0 Å². The van der Waals surface area contributed by atoms with Crippen LogP contribution in [0.25, 0.3) is 17.4 Å². The van der Waals surface area contributed by atoms with E-state index in [1.807, 2.05) is 35.2 Å². The van der Waals surface area contributed by atoms with Crippen molar-refractivity contribution in [3.8, 4) is 11.3 Å². The van der Waals surface area contributed by atoms with Gasteiger partial charge >= 0.3 is 0 Å². The van der Waals surface area contributed by atoms with Crippen molar-refractivity contribution < 1.29 is 9.21 Å². The summed E-state index contributed by atoms with van der Waals surface area (Å²) >= 11 is 13.3. The number of piperazine rings is 1. The molecule has 1 N–H and O–H groups in total. The third-order valence-corrected chi connectivity index (χ3v) is 10.6. The zero-order valence-corrected chi connectivity index (χ0v) is 24.3. The Hall–Kier alpha value is -1.64. The SMILES string of the molecule is CCC(CCc1cc(-c2ccc(Cl)cc2)oc1/C=C1\SC(=S)N(C2CC3CCC2C3)C1=O)N1CCNCC1. The molecule has 4 fully saturated rings. The Morgan fingerprint density at radius 3 is 2.68 bits per heavy atom. The number of nitrogens with zero attached hydrogens (tertiary/aromatic N) is 2. The van der Waals surface area contributed by atoms with E-state index in [1.165, 1.54) is 31.0 Å². The third kappa shape index (κ3) is 5.37. The van der Waals surface area contributed by atoms with Crippen LogP contribution in [0.1, 0.15) is 56.8 Å². The number of carbonyl (C=O) groups is 1. The topological polar surface area (TPSA) is 48.7 Å². The number of fused-ring (bicyclic) bond motifs is 2. The molecule has 2 saturated heterocycles. The minimum absolute atomic E-state index is 0.0557. The predicted molar refractivity (Wildman–Crippen MR) is 160 cm³/mol. The van der Waals surface area contributed by atoms with Gasteiger partial charge in [0, 0.05) is 54.9 Å². The highest BCUT2D eigenvalue weighted by Gasteiger charge is 2.48. The molecule has 0 spiro atoms. The first-order chi connectivity index (χ1) is 18.5. The second kappa shape index (κ2) is 11.5. The maximum absolute atomic E-state index is 13.6. The van der Waals surface area contributed by atoms with E-state index >= 15 is 0 Å². The number of aryl methyl sites for hydroxylation is 1. The number of thioether (sulfide) groups is 1. The standard InChI is InChI=1S/C30H36ClN3O2S2/c1-2-24(33-13-11-32-12-14-33)10-7-22-17-26(20-5-8-23(31)9-6-20)36-27(22)18-28-29(35)34(30(37)38-28)25-16-19-3-4-21(25)15-19/h5-6,8-9,17-19,21,24-25,32H,2-4,7,10-16H2,1H3/b28-18-. The van der Waals surface area contributed by atoms with Crippen molar-refractivity contribution in [2.75, 3.05) is 26.2 Å². The van der Waals surface area contributed by atoms with Gasteiger partial charge in [0.1, 0.15) is 15.8 Å². The molecule has 202 valence electrons. The molecule has 5 nitrogen and oxygen atoms in total. The van der Waals surface area contributed by atoms with E-state index in [-0.39, 0.29) is 11.9 Å².